The Labute approximate surface area is 155 Å². The minimum absolute atomic E-state index is 0.0408. The van der Waals surface area contributed by atoms with Crippen LogP contribution >= 0.6 is 11.3 Å². The van der Waals surface area contributed by atoms with Gasteiger partial charge in [0.1, 0.15) is 10.7 Å². The van der Waals surface area contributed by atoms with Crippen LogP contribution in [-0.4, -0.2) is 57.6 Å². The van der Waals surface area contributed by atoms with E-state index in [1.807, 2.05) is 23.1 Å². The first-order valence-corrected chi connectivity index (χ1v) is 9.47. The standard InChI is InChI=1S/C19H20N4O2S/c1-13(24)14-10-16(20-11-14)19(25)23-8-6-22(7-9-23)12-18-21-15-4-2-3-5-17(15)26-18/h2-5,10-11,20H,6-9,12H2,1H3. The van der Waals surface area contributed by atoms with E-state index in [0.29, 0.717) is 24.3 Å². The van der Waals surface area contributed by atoms with Crippen molar-refractivity contribution < 1.29 is 9.59 Å². The van der Waals surface area contributed by atoms with Gasteiger partial charge in [-0.1, -0.05) is 12.1 Å². The fraction of sp³-hybridized carbons (Fsp3) is 0.316. The number of ketones is 1. The molecule has 6 nitrogen and oxygen atoms in total. The van der Waals surface area contributed by atoms with Crippen molar-refractivity contribution in [1.29, 1.82) is 0 Å². The highest BCUT2D eigenvalue weighted by atomic mass is 32.1. The van der Waals surface area contributed by atoms with Crippen molar-refractivity contribution in [1.82, 2.24) is 19.8 Å². The molecular formula is C19H20N4O2S. The Bertz CT molecular complexity index is 920. The van der Waals surface area contributed by atoms with Crippen LogP contribution in [0.1, 0.15) is 32.8 Å². The van der Waals surface area contributed by atoms with Crippen LogP contribution < -0.4 is 0 Å². The molecule has 0 spiro atoms. The fourth-order valence-electron chi connectivity index (χ4n) is 3.18. The van der Waals surface area contributed by atoms with Crippen LogP contribution in [0, 0.1) is 0 Å². The number of H-pyrrole nitrogens is 1. The van der Waals surface area contributed by atoms with Crippen molar-refractivity contribution in [2.45, 2.75) is 13.5 Å². The zero-order chi connectivity index (χ0) is 18.1. The quantitative estimate of drug-likeness (QED) is 0.719. The van der Waals surface area contributed by atoms with E-state index in [9.17, 15) is 9.59 Å². The number of fused-ring (bicyclic) bond motifs is 1. The summed E-state index contributed by atoms with van der Waals surface area (Å²) in [4.78, 5) is 35.7. The van der Waals surface area contributed by atoms with E-state index in [-0.39, 0.29) is 11.7 Å². The molecule has 1 N–H and O–H groups in total. The van der Waals surface area contributed by atoms with E-state index < -0.39 is 0 Å². The third-order valence-electron chi connectivity index (χ3n) is 4.68. The van der Waals surface area contributed by atoms with E-state index in [4.69, 9.17) is 0 Å². The van der Waals surface area contributed by atoms with Crippen LogP contribution in [0.4, 0.5) is 0 Å². The monoisotopic (exact) mass is 368 g/mol. The van der Waals surface area contributed by atoms with Gasteiger partial charge < -0.3 is 9.88 Å². The maximum Gasteiger partial charge on any atom is 0.270 e. The van der Waals surface area contributed by atoms with Gasteiger partial charge in [0.15, 0.2) is 5.78 Å². The summed E-state index contributed by atoms with van der Waals surface area (Å²) >= 11 is 1.73. The average Bonchev–Trinajstić information content (AvgIpc) is 3.28. The first-order valence-electron chi connectivity index (χ1n) is 8.65. The number of para-hydroxylation sites is 1. The molecule has 134 valence electrons. The zero-order valence-corrected chi connectivity index (χ0v) is 15.4. The molecule has 2 aromatic heterocycles. The summed E-state index contributed by atoms with van der Waals surface area (Å²) in [5.41, 5.74) is 2.08. The Hall–Kier alpha value is -2.51. The number of hydrogen-bond donors (Lipinski definition) is 1. The minimum Gasteiger partial charge on any atom is -0.356 e. The maximum atomic E-state index is 12.6. The number of carbonyl (C=O) groups is 2. The molecule has 4 rings (SSSR count). The van der Waals surface area contributed by atoms with Gasteiger partial charge in [0, 0.05) is 37.9 Å². The number of Topliss-reactive ketones (excluding diaryl/α,β-unsaturated/α-hetero) is 1. The molecule has 0 atom stereocenters. The second kappa shape index (κ2) is 7.01. The second-order valence-electron chi connectivity index (χ2n) is 6.50. The normalized spacial score (nSPS) is 15.5. The number of rotatable bonds is 4. The molecule has 0 bridgehead atoms. The third kappa shape index (κ3) is 3.40. The number of nitrogens with one attached hydrogen (secondary N) is 1. The van der Waals surface area contributed by atoms with Crippen LogP contribution in [-0.2, 0) is 6.54 Å². The summed E-state index contributed by atoms with van der Waals surface area (Å²) in [6, 6.07) is 9.82. The lowest BCUT2D eigenvalue weighted by Gasteiger charge is -2.34. The number of hydrogen-bond acceptors (Lipinski definition) is 5. The first-order chi connectivity index (χ1) is 12.6. The van der Waals surface area contributed by atoms with Crippen molar-refractivity contribution in [3.05, 3.63) is 52.8 Å². The summed E-state index contributed by atoms with van der Waals surface area (Å²) in [7, 11) is 0. The molecule has 1 fully saturated rings. The number of thiazole rings is 1. The van der Waals surface area contributed by atoms with Gasteiger partial charge in [-0.3, -0.25) is 14.5 Å². The number of nitrogens with zero attached hydrogens (tertiary/aromatic N) is 3. The number of aromatic nitrogens is 2. The van der Waals surface area contributed by atoms with Crippen molar-refractivity contribution in [2.75, 3.05) is 26.2 Å². The second-order valence-corrected chi connectivity index (χ2v) is 7.62. The van der Waals surface area contributed by atoms with Crippen molar-refractivity contribution in [2.24, 2.45) is 0 Å². The Morgan fingerprint density at radius 2 is 1.96 bits per heavy atom. The van der Waals surface area contributed by atoms with Gasteiger partial charge in [-0.2, -0.15) is 0 Å². The Kier molecular flexibility index (Phi) is 4.57. The van der Waals surface area contributed by atoms with E-state index in [1.54, 1.807) is 23.6 Å². The van der Waals surface area contributed by atoms with Crippen molar-refractivity contribution in [3.63, 3.8) is 0 Å². The van der Waals surface area contributed by atoms with E-state index >= 15 is 0 Å². The molecule has 1 aliphatic rings. The fourth-order valence-corrected chi connectivity index (χ4v) is 4.19. The largest absolute Gasteiger partial charge is 0.356 e. The third-order valence-corrected chi connectivity index (χ3v) is 5.70. The summed E-state index contributed by atoms with van der Waals surface area (Å²) in [6.45, 7) is 5.32. The predicted molar refractivity (Wildman–Crippen MR) is 102 cm³/mol. The van der Waals surface area contributed by atoms with Crippen molar-refractivity contribution >= 4 is 33.2 Å². The lowest BCUT2D eigenvalue weighted by Crippen LogP contribution is -2.48. The van der Waals surface area contributed by atoms with Gasteiger partial charge in [-0.25, -0.2) is 4.98 Å². The van der Waals surface area contributed by atoms with Gasteiger partial charge >= 0.3 is 0 Å². The molecule has 1 aromatic carbocycles. The van der Waals surface area contributed by atoms with Crippen LogP contribution in [0.5, 0.6) is 0 Å². The zero-order valence-electron chi connectivity index (χ0n) is 14.6. The topological polar surface area (TPSA) is 69.3 Å². The molecule has 1 saturated heterocycles. The summed E-state index contributed by atoms with van der Waals surface area (Å²) in [5, 5.41) is 1.11. The SMILES string of the molecule is CC(=O)c1c[nH]c(C(=O)N2CCN(Cc3nc4ccccc4s3)CC2)c1. The highest BCUT2D eigenvalue weighted by molar-refractivity contribution is 7.18. The molecule has 1 amide bonds. The van der Waals surface area contributed by atoms with Gasteiger partial charge in [-0.05, 0) is 25.1 Å². The maximum absolute atomic E-state index is 12.6. The minimum atomic E-state index is -0.0443. The molecule has 1 aliphatic heterocycles. The predicted octanol–water partition coefficient (Wildman–Crippen LogP) is 2.79. The molecular weight excluding hydrogens is 348 g/mol. The molecule has 0 radical (unpaired) electrons. The van der Waals surface area contributed by atoms with E-state index in [2.05, 4.69) is 20.9 Å². The van der Waals surface area contributed by atoms with Gasteiger partial charge in [0.05, 0.1) is 16.8 Å². The van der Waals surface area contributed by atoms with Gasteiger partial charge in [0.25, 0.3) is 5.91 Å². The summed E-state index contributed by atoms with van der Waals surface area (Å²) < 4.78 is 1.21. The van der Waals surface area contributed by atoms with Crippen molar-refractivity contribution in [3.8, 4) is 0 Å². The molecule has 3 heterocycles. The van der Waals surface area contributed by atoms with E-state index in [1.165, 1.54) is 11.6 Å². The average molecular weight is 368 g/mol. The number of benzene rings is 1. The summed E-state index contributed by atoms with van der Waals surface area (Å²) in [6.07, 6.45) is 1.60. The molecule has 3 aromatic rings. The van der Waals surface area contributed by atoms with Gasteiger partial charge in [-0.15, -0.1) is 11.3 Å². The lowest BCUT2D eigenvalue weighted by atomic mass is 10.2. The van der Waals surface area contributed by atoms with Crippen LogP contribution in [0.3, 0.4) is 0 Å². The van der Waals surface area contributed by atoms with Gasteiger partial charge in [0.2, 0.25) is 0 Å². The highest BCUT2D eigenvalue weighted by Crippen LogP contribution is 2.23. The summed E-state index contributed by atoms with van der Waals surface area (Å²) in [5.74, 6) is -0.0851. The molecule has 7 heteroatoms. The smallest absolute Gasteiger partial charge is 0.270 e. The number of aromatic amines is 1. The van der Waals surface area contributed by atoms with Crippen LogP contribution in [0.2, 0.25) is 0 Å². The number of piperazine rings is 1. The molecule has 0 unspecified atom stereocenters. The Balaban J connectivity index is 1.35. The number of amides is 1. The van der Waals surface area contributed by atoms with Crippen LogP contribution in [0.15, 0.2) is 36.5 Å². The molecule has 26 heavy (non-hydrogen) atoms. The lowest BCUT2D eigenvalue weighted by molar-refractivity contribution is 0.0623. The Morgan fingerprint density at radius 1 is 1.19 bits per heavy atom. The molecule has 0 aliphatic carbocycles. The number of carbonyl (C=O) groups excluding carboxylic acids is 2. The highest BCUT2D eigenvalue weighted by Gasteiger charge is 2.24. The van der Waals surface area contributed by atoms with E-state index in [0.717, 1.165) is 30.2 Å². The first kappa shape index (κ1) is 16.9. The van der Waals surface area contributed by atoms with Crippen LogP contribution in [0.25, 0.3) is 10.2 Å². The molecule has 0 saturated carbocycles. The Morgan fingerprint density at radius 3 is 2.65 bits per heavy atom.